The van der Waals surface area contributed by atoms with Gasteiger partial charge in [-0.3, -0.25) is 4.79 Å². The summed E-state index contributed by atoms with van der Waals surface area (Å²) >= 11 is 0. The van der Waals surface area contributed by atoms with E-state index >= 15 is 0 Å². The maximum atomic E-state index is 13.5. The van der Waals surface area contributed by atoms with Crippen molar-refractivity contribution >= 4 is 12.0 Å². The molecular weight excluding hydrogens is 257 g/mol. The Balaban J connectivity index is 2.08. The molecule has 1 saturated heterocycles. The van der Waals surface area contributed by atoms with Gasteiger partial charge in [0.15, 0.2) is 0 Å². The molecule has 0 radical (unpaired) electrons. The molecule has 0 spiro atoms. The standard InChI is InChI=1S/C16H20FNO2/c17-15-8-4-3-6-13(15)9-10-16(20)18-11-5-1-2-7-14(18)12-19/h3-4,6,8-10,14,19H,1-2,5,7,11-12H2/b10-9+. The molecule has 0 aliphatic carbocycles. The summed E-state index contributed by atoms with van der Waals surface area (Å²) in [5.74, 6) is -0.500. The lowest BCUT2D eigenvalue weighted by Gasteiger charge is -2.27. The molecule has 1 amide bonds. The van der Waals surface area contributed by atoms with Crippen molar-refractivity contribution in [1.82, 2.24) is 4.90 Å². The van der Waals surface area contributed by atoms with Crippen LogP contribution in [0.1, 0.15) is 31.2 Å². The molecule has 3 nitrogen and oxygen atoms in total. The number of aliphatic hydroxyl groups excluding tert-OH is 1. The Morgan fingerprint density at radius 3 is 2.90 bits per heavy atom. The zero-order chi connectivity index (χ0) is 14.4. The first-order chi connectivity index (χ1) is 9.72. The van der Waals surface area contributed by atoms with Crippen molar-refractivity contribution < 1.29 is 14.3 Å². The number of hydrogen-bond acceptors (Lipinski definition) is 2. The van der Waals surface area contributed by atoms with Gasteiger partial charge in [-0.2, -0.15) is 0 Å². The van der Waals surface area contributed by atoms with Crippen molar-refractivity contribution in [1.29, 1.82) is 0 Å². The molecule has 1 fully saturated rings. The number of rotatable bonds is 3. The highest BCUT2D eigenvalue weighted by Gasteiger charge is 2.23. The highest BCUT2D eigenvalue weighted by molar-refractivity contribution is 5.92. The Labute approximate surface area is 118 Å². The van der Waals surface area contributed by atoms with Crippen LogP contribution < -0.4 is 0 Å². The first-order valence-electron chi connectivity index (χ1n) is 7.06. The quantitative estimate of drug-likeness (QED) is 0.863. The third-order valence-electron chi connectivity index (χ3n) is 3.68. The largest absolute Gasteiger partial charge is 0.394 e. The average Bonchev–Trinajstić information content (AvgIpc) is 2.71. The fourth-order valence-electron chi connectivity index (χ4n) is 2.52. The summed E-state index contributed by atoms with van der Waals surface area (Å²) in [6.07, 6.45) is 6.79. The predicted molar refractivity (Wildman–Crippen MR) is 76.5 cm³/mol. The highest BCUT2D eigenvalue weighted by atomic mass is 19.1. The summed E-state index contributed by atoms with van der Waals surface area (Å²) in [4.78, 5) is 13.9. The van der Waals surface area contributed by atoms with E-state index in [9.17, 15) is 14.3 Å². The zero-order valence-electron chi connectivity index (χ0n) is 11.5. The number of carbonyl (C=O) groups excluding carboxylic acids is 1. The van der Waals surface area contributed by atoms with Gasteiger partial charge in [0.05, 0.1) is 12.6 Å². The van der Waals surface area contributed by atoms with Gasteiger partial charge in [-0.05, 0) is 25.0 Å². The normalized spacial score (nSPS) is 20.1. The summed E-state index contributed by atoms with van der Waals surface area (Å²) < 4.78 is 13.5. The third-order valence-corrected chi connectivity index (χ3v) is 3.68. The highest BCUT2D eigenvalue weighted by Crippen LogP contribution is 2.17. The molecule has 20 heavy (non-hydrogen) atoms. The third kappa shape index (κ3) is 3.67. The van der Waals surface area contributed by atoms with Crippen molar-refractivity contribution in [2.75, 3.05) is 13.2 Å². The Morgan fingerprint density at radius 1 is 1.35 bits per heavy atom. The van der Waals surface area contributed by atoms with Crippen LogP contribution in [-0.4, -0.2) is 35.1 Å². The van der Waals surface area contributed by atoms with E-state index in [1.807, 2.05) is 0 Å². The lowest BCUT2D eigenvalue weighted by molar-refractivity contribution is -0.129. The molecule has 1 N–H and O–H groups in total. The van der Waals surface area contributed by atoms with Gasteiger partial charge in [0.2, 0.25) is 5.91 Å². The lowest BCUT2D eigenvalue weighted by Crippen LogP contribution is -2.41. The fraction of sp³-hybridized carbons (Fsp3) is 0.438. The van der Waals surface area contributed by atoms with Gasteiger partial charge in [0.1, 0.15) is 5.82 Å². The summed E-state index contributed by atoms with van der Waals surface area (Å²) in [5, 5.41) is 9.39. The number of likely N-dealkylation sites (tertiary alicyclic amines) is 1. The molecule has 4 heteroatoms. The van der Waals surface area contributed by atoms with Crippen LogP contribution in [0.25, 0.3) is 6.08 Å². The van der Waals surface area contributed by atoms with E-state index in [-0.39, 0.29) is 24.4 Å². The second-order valence-electron chi connectivity index (χ2n) is 5.07. The maximum absolute atomic E-state index is 13.5. The Morgan fingerprint density at radius 2 is 2.15 bits per heavy atom. The van der Waals surface area contributed by atoms with Gasteiger partial charge in [0.25, 0.3) is 0 Å². The molecule has 2 rings (SSSR count). The smallest absolute Gasteiger partial charge is 0.246 e. The van der Waals surface area contributed by atoms with Gasteiger partial charge in [-0.15, -0.1) is 0 Å². The van der Waals surface area contributed by atoms with E-state index in [1.54, 1.807) is 23.1 Å². The number of benzene rings is 1. The molecule has 1 aliphatic rings. The van der Waals surface area contributed by atoms with E-state index < -0.39 is 0 Å². The van der Waals surface area contributed by atoms with E-state index in [1.165, 1.54) is 18.2 Å². The summed E-state index contributed by atoms with van der Waals surface area (Å²) in [6.45, 7) is 0.644. The molecule has 0 aromatic heterocycles. The van der Waals surface area contributed by atoms with Crippen LogP contribution in [-0.2, 0) is 4.79 Å². The number of carbonyl (C=O) groups is 1. The lowest BCUT2D eigenvalue weighted by atomic mass is 10.1. The van der Waals surface area contributed by atoms with Gasteiger partial charge in [-0.25, -0.2) is 4.39 Å². The van der Waals surface area contributed by atoms with Gasteiger partial charge >= 0.3 is 0 Å². The number of aliphatic hydroxyl groups is 1. The SMILES string of the molecule is O=C(/C=C/c1ccccc1F)N1CCCCCC1CO. The monoisotopic (exact) mass is 277 g/mol. The Hall–Kier alpha value is -1.68. The molecule has 1 aliphatic heterocycles. The van der Waals surface area contributed by atoms with Crippen LogP contribution in [0.15, 0.2) is 30.3 Å². The minimum atomic E-state index is -0.342. The Bertz CT molecular complexity index is 487. The van der Waals surface area contributed by atoms with Crippen LogP contribution in [0.4, 0.5) is 4.39 Å². The number of nitrogens with zero attached hydrogens (tertiary/aromatic N) is 1. The minimum absolute atomic E-state index is 0.0146. The summed E-state index contributed by atoms with van der Waals surface area (Å²) in [7, 11) is 0. The fourth-order valence-corrected chi connectivity index (χ4v) is 2.52. The molecule has 0 bridgehead atoms. The zero-order valence-corrected chi connectivity index (χ0v) is 11.5. The molecule has 108 valence electrons. The van der Waals surface area contributed by atoms with Crippen molar-refractivity contribution in [2.45, 2.75) is 31.7 Å². The number of hydrogen-bond donors (Lipinski definition) is 1. The van der Waals surface area contributed by atoms with E-state index in [0.29, 0.717) is 12.1 Å². The van der Waals surface area contributed by atoms with Gasteiger partial charge < -0.3 is 10.0 Å². The molecule has 1 atom stereocenters. The first-order valence-corrected chi connectivity index (χ1v) is 7.06. The Kier molecular flexibility index (Phi) is 5.30. The van der Waals surface area contributed by atoms with Crippen molar-refractivity contribution in [3.05, 3.63) is 41.7 Å². The summed E-state index contributed by atoms with van der Waals surface area (Å²) in [6, 6.07) is 6.23. The van der Waals surface area contributed by atoms with E-state index in [2.05, 4.69) is 0 Å². The van der Waals surface area contributed by atoms with Crippen LogP contribution >= 0.6 is 0 Å². The second kappa shape index (κ2) is 7.20. The predicted octanol–water partition coefficient (Wildman–Crippen LogP) is 2.60. The van der Waals surface area contributed by atoms with E-state index in [4.69, 9.17) is 0 Å². The number of halogens is 1. The second-order valence-corrected chi connectivity index (χ2v) is 5.07. The van der Waals surface area contributed by atoms with Crippen molar-refractivity contribution in [3.8, 4) is 0 Å². The maximum Gasteiger partial charge on any atom is 0.246 e. The average molecular weight is 277 g/mol. The van der Waals surface area contributed by atoms with Crippen molar-refractivity contribution in [3.63, 3.8) is 0 Å². The first kappa shape index (κ1) is 14.7. The van der Waals surface area contributed by atoms with Gasteiger partial charge in [-0.1, -0.05) is 31.0 Å². The van der Waals surface area contributed by atoms with Crippen molar-refractivity contribution in [2.24, 2.45) is 0 Å². The molecule has 1 heterocycles. The molecule has 1 aromatic carbocycles. The topological polar surface area (TPSA) is 40.5 Å². The van der Waals surface area contributed by atoms with Crippen LogP contribution in [0.5, 0.6) is 0 Å². The van der Waals surface area contributed by atoms with E-state index in [0.717, 1.165) is 25.7 Å². The van der Waals surface area contributed by atoms with Crippen LogP contribution in [0.3, 0.4) is 0 Å². The number of amides is 1. The van der Waals surface area contributed by atoms with Gasteiger partial charge in [0, 0.05) is 18.2 Å². The molecular formula is C16H20FNO2. The molecule has 0 saturated carbocycles. The molecule has 1 unspecified atom stereocenters. The summed E-state index contributed by atoms with van der Waals surface area (Å²) in [5.41, 5.74) is 0.399. The van der Waals surface area contributed by atoms with Crippen LogP contribution in [0, 0.1) is 5.82 Å². The minimum Gasteiger partial charge on any atom is -0.394 e. The molecule has 1 aromatic rings. The van der Waals surface area contributed by atoms with Crippen LogP contribution in [0.2, 0.25) is 0 Å².